The van der Waals surface area contributed by atoms with Crippen LogP contribution in [0.25, 0.3) is 0 Å². The van der Waals surface area contributed by atoms with Gasteiger partial charge in [-0.3, -0.25) is 0 Å². The zero-order chi connectivity index (χ0) is 16.3. The number of thiophene rings is 1. The second-order valence-corrected chi connectivity index (χ2v) is 10.0. The fourth-order valence-corrected chi connectivity index (χ4v) is 2.73. The van der Waals surface area contributed by atoms with Gasteiger partial charge in [0.2, 0.25) is 0 Å². The lowest BCUT2D eigenvalue weighted by atomic mass is 9.91. The number of carbonyl (C=O) groups excluding carboxylic acids is 1. The first-order chi connectivity index (χ1) is 9.46. The van der Waals surface area contributed by atoms with Gasteiger partial charge in [0, 0.05) is 29.6 Å². The first kappa shape index (κ1) is 18.0. The lowest BCUT2D eigenvalue weighted by Gasteiger charge is -2.25. The molecule has 0 bridgehead atoms. The highest BCUT2D eigenvalue weighted by atomic mass is 32.2. The van der Waals surface area contributed by atoms with Crippen molar-refractivity contribution >= 4 is 27.2 Å². The summed E-state index contributed by atoms with van der Waals surface area (Å²) in [6.45, 7) is 7.87. The monoisotopic (exact) mass is 332 g/mol. The van der Waals surface area contributed by atoms with Crippen molar-refractivity contribution in [3.63, 3.8) is 0 Å². The molecule has 0 aliphatic rings. The van der Waals surface area contributed by atoms with Crippen LogP contribution in [0.2, 0.25) is 0 Å². The minimum absolute atomic E-state index is 0.0805. The first-order valence-corrected chi connectivity index (χ1v) is 9.48. The standard InChI is InChI=1S/C14H24N2O3S2/c1-13(2,11-7-6-8-20-11)9-15-12(17)16-10-14(3,4)21(5,18)19/h6-8H,9-10H2,1-5H3,(H2,15,16,17). The summed E-state index contributed by atoms with van der Waals surface area (Å²) in [4.78, 5) is 13.0. The number of urea groups is 1. The lowest BCUT2D eigenvalue weighted by molar-refractivity contribution is 0.237. The van der Waals surface area contributed by atoms with Crippen molar-refractivity contribution in [2.24, 2.45) is 0 Å². The average Bonchev–Trinajstić information content (AvgIpc) is 2.87. The lowest BCUT2D eigenvalue weighted by Crippen LogP contribution is -2.48. The van der Waals surface area contributed by atoms with E-state index in [1.54, 1.807) is 25.2 Å². The molecule has 2 amide bonds. The predicted molar refractivity (Wildman–Crippen MR) is 87.7 cm³/mol. The smallest absolute Gasteiger partial charge is 0.314 e. The number of nitrogens with one attached hydrogen (secondary N) is 2. The van der Waals surface area contributed by atoms with E-state index in [0.717, 1.165) is 0 Å². The number of rotatable bonds is 6. The van der Waals surface area contributed by atoms with Crippen molar-refractivity contribution in [2.45, 2.75) is 37.9 Å². The quantitative estimate of drug-likeness (QED) is 0.838. The zero-order valence-corrected chi connectivity index (χ0v) is 14.8. The van der Waals surface area contributed by atoms with Gasteiger partial charge in [0.1, 0.15) is 0 Å². The summed E-state index contributed by atoms with van der Waals surface area (Å²) in [5, 5.41) is 7.42. The van der Waals surface area contributed by atoms with Crippen molar-refractivity contribution in [1.29, 1.82) is 0 Å². The third-order valence-corrected chi connectivity index (χ3v) is 6.95. The van der Waals surface area contributed by atoms with Crippen LogP contribution in [0.15, 0.2) is 17.5 Å². The minimum atomic E-state index is -3.22. The summed E-state index contributed by atoms with van der Waals surface area (Å²) in [6, 6.07) is 3.67. The van der Waals surface area contributed by atoms with Gasteiger partial charge in [0.15, 0.2) is 9.84 Å². The number of carbonyl (C=O) groups is 1. The van der Waals surface area contributed by atoms with E-state index in [2.05, 4.69) is 24.5 Å². The van der Waals surface area contributed by atoms with E-state index in [1.165, 1.54) is 11.1 Å². The Bertz CT molecular complexity index is 575. The number of sulfone groups is 1. The van der Waals surface area contributed by atoms with Gasteiger partial charge in [-0.15, -0.1) is 11.3 Å². The molecule has 21 heavy (non-hydrogen) atoms. The highest BCUT2D eigenvalue weighted by Crippen LogP contribution is 2.26. The second-order valence-electron chi connectivity index (χ2n) is 6.43. The Labute approximate surface area is 131 Å². The molecule has 5 nitrogen and oxygen atoms in total. The summed E-state index contributed by atoms with van der Waals surface area (Å²) >= 11 is 1.65. The Kier molecular flexibility index (Phi) is 5.44. The molecule has 2 N–H and O–H groups in total. The normalized spacial score (nSPS) is 13.0. The second kappa shape index (κ2) is 6.36. The maximum absolute atomic E-state index is 11.8. The van der Waals surface area contributed by atoms with E-state index in [1.807, 2.05) is 17.5 Å². The molecule has 1 heterocycles. The van der Waals surface area contributed by atoms with Crippen LogP contribution in [0, 0.1) is 0 Å². The molecule has 0 saturated carbocycles. The van der Waals surface area contributed by atoms with Crippen molar-refractivity contribution in [1.82, 2.24) is 10.6 Å². The van der Waals surface area contributed by atoms with E-state index >= 15 is 0 Å². The Morgan fingerprint density at radius 1 is 1.19 bits per heavy atom. The third kappa shape index (κ3) is 5.00. The van der Waals surface area contributed by atoms with Crippen molar-refractivity contribution in [2.75, 3.05) is 19.3 Å². The van der Waals surface area contributed by atoms with Gasteiger partial charge in [-0.05, 0) is 25.3 Å². The molecule has 120 valence electrons. The number of hydrogen-bond donors (Lipinski definition) is 2. The van der Waals surface area contributed by atoms with Gasteiger partial charge in [-0.2, -0.15) is 0 Å². The van der Waals surface area contributed by atoms with Gasteiger partial charge in [0.25, 0.3) is 0 Å². The summed E-state index contributed by atoms with van der Waals surface area (Å²) in [5.41, 5.74) is -0.155. The van der Waals surface area contributed by atoms with E-state index < -0.39 is 14.6 Å². The zero-order valence-electron chi connectivity index (χ0n) is 13.2. The molecule has 0 spiro atoms. The van der Waals surface area contributed by atoms with Crippen LogP contribution in [0.4, 0.5) is 4.79 Å². The molecular weight excluding hydrogens is 308 g/mol. The van der Waals surface area contributed by atoms with Crippen molar-refractivity contribution < 1.29 is 13.2 Å². The highest BCUT2D eigenvalue weighted by molar-refractivity contribution is 7.92. The Morgan fingerprint density at radius 3 is 2.24 bits per heavy atom. The van der Waals surface area contributed by atoms with E-state index in [0.29, 0.717) is 6.54 Å². The summed E-state index contributed by atoms with van der Waals surface area (Å²) in [7, 11) is -3.22. The molecule has 0 radical (unpaired) electrons. The van der Waals surface area contributed by atoms with Crippen molar-refractivity contribution in [3.05, 3.63) is 22.4 Å². The Morgan fingerprint density at radius 2 is 1.76 bits per heavy atom. The third-order valence-electron chi connectivity index (χ3n) is 3.56. The van der Waals surface area contributed by atoms with Crippen LogP contribution in [0.1, 0.15) is 32.6 Å². The number of amides is 2. The van der Waals surface area contributed by atoms with Crippen LogP contribution in [0.5, 0.6) is 0 Å². The average molecular weight is 332 g/mol. The maximum atomic E-state index is 11.8. The van der Waals surface area contributed by atoms with E-state index in [-0.39, 0.29) is 18.0 Å². The van der Waals surface area contributed by atoms with Crippen LogP contribution in [0.3, 0.4) is 0 Å². The molecule has 7 heteroatoms. The van der Waals surface area contributed by atoms with Gasteiger partial charge in [0.05, 0.1) is 4.75 Å². The fourth-order valence-electron chi connectivity index (χ4n) is 1.54. The molecule has 0 aliphatic carbocycles. The predicted octanol–water partition coefficient (Wildman–Crippen LogP) is 2.15. The Balaban J connectivity index is 2.49. The fraction of sp³-hybridized carbons (Fsp3) is 0.643. The van der Waals surface area contributed by atoms with Gasteiger partial charge >= 0.3 is 6.03 Å². The molecule has 1 aromatic heterocycles. The molecule has 0 atom stereocenters. The molecule has 1 rings (SSSR count). The molecular formula is C14H24N2O3S2. The number of hydrogen-bond acceptors (Lipinski definition) is 4. The minimum Gasteiger partial charge on any atom is -0.337 e. The van der Waals surface area contributed by atoms with E-state index in [4.69, 9.17) is 0 Å². The topological polar surface area (TPSA) is 75.3 Å². The van der Waals surface area contributed by atoms with Crippen molar-refractivity contribution in [3.8, 4) is 0 Å². The molecule has 0 unspecified atom stereocenters. The van der Waals surface area contributed by atoms with E-state index in [9.17, 15) is 13.2 Å². The maximum Gasteiger partial charge on any atom is 0.314 e. The molecule has 0 fully saturated rings. The first-order valence-electron chi connectivity index (χ1n) is 6.71. The van der Waals surface area contributed by atoms with Gasteiger partial charge < -0.3 is 10.6 Å². The van der Waals surface area contributed by atoms with Crippen LogP contribution in [-0.4, -0.2) is 38.5 Å². The van der Waals surface area contributed by atoms with Crippen LogP contribution < -0.4 is 10.6 Å². The van der Waals surface area contributed by atoms with Gasteiger partial charge in [-0.25, -0.2) is 13.2 Å². The summed E-state index contributed by atoms with van der Waals surface area (Å²) in [6.07, 6.45) is 1.17. The molecule has 0 saturated heterocycles. The highest BCUT2D eigenvalue weighted by Gasteiger charge is 2.30. The summed E-state index contributed by atoms with van der Waals surface area (Å²) in [5.74, 6) is 0. The molecule has 0 aromatic carbocycles. The SMILES string of the molecule is CC(C)(CNC(=O)NCC(C)(C)S(C)(=O)=O)c1cccs1. The Hall–Kier alpha value is -1.08. The summed E-state index contributed by atoms with van der Waals surface area (Å²) < 4.78 is 22.2. The van der Waals surface area contributed by atoms with Crippen LogP contribution in [-0.2, 0) is 15.3 Å². The van der Waals surface area contributed by atoms with Crippen LogP contribution >= 0.6 is 11.3 Å². The molecule has 1 aromatic rings. The largest absolute Gasteiger partial charge is 0.337 e. The molecule has 0 aliphatic heterocycles. The van der Waals surface area contributed by atoms with Gasteiger partial charge in [-0.1, -0.05) is 19.9 Å².